The summed E-state index contributed by atoms with van der Waals surface area (Å²) in [7, 11) is 2.18. The Bertz CT molecular complexity index is 1840. The van der Waals surface area contributed by atoms with Crippen LogP contribution in [0, 0.1) is 0 Å². The van der Waals surface area contributed by atoms with Crippen LogP contribution in [-0.2, 0) is 7.05 Å². The molecular weight excluding hydrogens is 386 g/mol. The molecule has 0 saturated heterocycles. The number of fused-ring (bicyclic) bond motifs is 8. The molecule has 150 valence electrons. The minimum Gasteiger partial charge on any atom is -0.343 e. The Morgan fingerprint density at radius 2 is 1.16 bits per heavy atom. The molecule has 0 aliphatic heterocycles. The Morgan fingerprint density at radius 1 is 0.469 bits per heavy atom. The Morgan fingerprint density at radius 3 is 2.00 bits per heavy atom. The lowest BCUT2D eigenvalue weighted by Crippen LogP contribution is -1.88. The van der Waals surface area contributed by atoms with Gasteiger partial charge in [0.05, 0.1) is 5.52 Å². The van der Waals surface area contributed by atoms with Crippen LogP contribution in [0.3, 0.4) is 0 Å². The summed E-state index contributed by atoms with van der Waals surface area (Å²) in [5, 5.41) is 10.4. The number of benzene rings is 6. The smallest absolute Gasteiger partial charge is 0.0568 e. The van der Waals surface area contributed by atoms with Gasteiger partial charge in [0.25, 0.3) is 0 Å². The number of hydrogen-bond acceptors (Lipinski definition) is 0. The first-order chi connectivity index (χ1) is 15.8. The van der Waals surface area contributed by atoms with Crippen LogP contribution in [0.2, 0.25) is 0 Å². The molecule has 1 nitrogen and oxygen atoms in total. The van der Waals surface area contributed by atoms with Crippen molar-refractivity contribution in [1.82, 2.24) is 4.57 Å². The average Bonchev–Trinajstić information content (AvgIpc) is 3.15. The Kier molecular flexibility index (Phi) is 3.54. The summed E-state index contributed by atoms with van der Waals surface area (Å²) in [6, 6.07) is 39.9. The maximum absolute atomic E-state index is 2.38. The molecule has 0 unspecified atom stereocenters. The minimum absolute atomic E-state index is 1.26. The minimum atomic E-state index is 1.26. The van der Waals surface area contributed by atoms with Crippen molar-refractivity contribution in [2.24, 2.45) is 7.05 Å². The molecule has 0 N–H and O–H groups in total. The third-order valence-corrected chi connectivity index (χ3v) is 6.96. The van der Waals surface area contributed by atoms with E-state index in [0.29, 0.717) is 0 Å². The standard InChI is InChI=1S/C31H21N/c1-32-30-17-15-22(19-29(30)27-16-14-20-8-2-5-11-24(20)31(27)32)28-18-21-9-3-4-10-23(21)25-12-6-7-13-26(25)28/h2-19H,1H3. The van der Waals surface area contributed by atoms with Crippen LogP contribution in [0.1, 0.15) is 0 Å². The molecule has 0 spiro atoms. The third-order valence-electron chi connectivity index (χ3n) is 6.96. The first-order valence-electron chi connectivity index (χ1n) is 11.1. The second-order valence-electron chi connectivity index (χ2n) is 8.66. The van der Waals surface area contributed by atoms with Crippen LogP contribution >= 0.6 is 0 Å². The van der Waals surface area contributed by atoms with Gasteiger partial charge in [0, 0.05) is 28.7 Å². The van der Waals surface area contributed by atoms with Crippen LogP contribution in [0.5, 0.6) is 0 Å². The molecule has 0 aliphatic carbocycles. The molecule has 6 aromatic carbocycles. The van der Waals surface area contributed by atoms with Gasteiger partial charge in [-0.2, -0.15) is 0 Å². The van der Waals surface area contributed by atoms with Crippen LogP contribution in [0.25, 0.3) is 65.3 Å². The van der Waals surface area contributed by atoms with Gasteiger partial charge in [-0.15, -0.1) is 0 Å². The summed E-state index contributed by atoms with van der Waals surface area (Å²) >= 11 is 0. The van der Waals surface area contributed by atoms with Crippen molar-refractivity contribution in [2.45, 2.75) is 0 Å². The van der Waals surface area contributed by atoms with Gasteiger partial charge in [0.15, 0.2) is 0 Å². The van der Waals surface area contributed by atoms with Crippen molar-refractivity contribution in [3.05, 3.63) is 109 Å². The van der Waals surface area contributed by atoms with E-state index in [2.05, 4.69) is 121 Å². The molecule has 0 amide bonds. The number of aromatic nitrogens is 1. The Balaban J connectivity index is 1.59. The van der Waals surface area contributed by atoms with Crippen LogP contribution in [-0.4, -0.2) is 4.57 Å². The lowest BCUT2D eigenvalue weighted by atomic mass is 9.92. The maximum atomic E-state index is 2.38. The molecule has 0 saturated carbocycles. The Labute approximate surface area is 186 Å². The highest BCUT2D eigenvalue weighted by atomic mass is 14.9. The van der Waals surface area contributed by atoms with Crippen LogP contribution in [0.4, 0.5) is 0 Å². The van der Waals surface area contributed by atoms with E-state index in [9.17, 15) is 0 Å². The monoisotopic (exact) mass is 407 g/mol. The van der Waals surface area contributed by atoms with Gasteiger partial charge in [-0.1, -0.05) is 91.0 Å². The summed E-state index contributed by atoms with van der Waals surface area (Å²) < 4.78 is 2.34. The van der Waals surface area contributed by atoms with Gasteiger partial charge >= 0.3 is 0 Å². The van der Waals surface area contributed by atoms with Crippen molar-refractivity contribution in [3.63, 3.8) is 0 Å². The molecule has 7 aromatic rings. The molecule has 0 bridgehead atoms. The molecule has 0 atom stereocenters. The lowest BCUT2D eigenvalue weighted by molar-refractivity contribution is 1.02. The van der Waals surface area contributed by atoms with Gasteiger partial charge in [-0.3, -0.25) is 0 Å². The molecular formula is C31H21N. The number of nitrogens with zero attached hydrogens (tertiary/aromatic N) is 1. The number of rotatable bonds is 1. The molecule has 1 heteroatoms. The first kappa shape index (κ1) is 17.6. The fraction of sp³-hybridized carbons (Fsp3) is 0.0323. The normalized spacial score (nSPS) is 11.9. The van der Waals surface area contributed by atoms with Crippen molar-refractivity contribution in [2.75, 3.05) is 0 Å². The molecule has 0 radical (unpaired) electrons. The summed E-state index contributed by atoms with van der Waals surface area (Å²) in [5.74, 6) is 0. The van der Waals surface area contributed by atoms with E-state index in [1.165, 1.54) is 65.3 Å². The van der Waals surface area contributed by atoms with E-state index >= 15 is 0 Å². The summed E-state index contributed by atoms with van der Waals surface area (Å²) in [5.41, 5.74) is 5.13. The highest BCUT2D eigenvalue weighted by Crippen LogP contribution is 2.39. The largest absolute Gasteiger partial charge is 0.343 e. The first-order valence-corrected chi connectivity index (χ1v) is 11.1. The molecule has 32 heavy (non-hydrogen) atoms. The zero-order chi connectivity index (χ0) is 21.2. The van der Waals surface area contributed by atoms with E-state index < -0.39 is 0 Å². The van der Waals surface area contributed by atoms with Crippen molar-refractivity contribution < 1.29 is 0 Å². The van der Waals surface area contributed by atoms with E-state index in [0.717, 1.165) is 0 Å². The second-order valence-corrected chi connectivity index (χ2v) is 8.66. The quantitative estimate of drug-likeness (QED) is 0.241. The highest BCUT2D eigenvalue weighted by molar-refractivity contribution is 6.19. The molecule has 0 fully saturated rings. The summed E-state index contributed by atoms with van der Waals surface area (Å²) in [6.45, 7) is 0. The van der Waals surface area contributed by atoms with Crippen molar-refractivity contribution in [1.29, 1.82) is 0 Å². The molecule has 0 aliphatic rings. The van der Waals surface area contributed by atoms with Gasteiger partial charge < -0.3 is 4.57 Å². The van der Waals surface area contributed by atoms with E-state index in [1.54, 1.807) is 0 Å². The fourth-order valence-electron chi connectivity index (χ4n) is 5.46. The number of aryl methyl sites for hydroxylation is 1. The van der Waals surface area contributed by atoms with Gasteiger partial charge in [-0.05, 0) is 56.3 Å². The van der Waals surface area contributed by atoms with Crippen molar-refractivity contribution in [3.8, 4) is 11.1 Å². The van der Waals surface area contributed by atoms with E-state index in [4.69, 9.17) is 0 Å². The Hall–Kier alpha value is -4.10. The van der Waals surface area contributed by atoms with Crippen molar-refractivity contribution >= 4 is 54.1 Å². The third kappa shape index (κ3) is 2.34. The average molecular weight is 408 g/mol. The van der Waals surface area contributed by atoms with Crippen LogP contribution in [0.15, 0.2) is 109 Å². The summed E-state index contributed by atoms with van der Waals surface area (Å²) in [6.07, 6.45) is 0. The van der Waals surface area contributed by atoms with Gasteiger partial charge in [0.1, 0.15) is 0 Å². The molecule has 1 aromatic heterocycles. The SMILES string of the molecule is Cn1c2ccc(-c3cc4ccccc4c4ccccc34)cc2c2ccc3ccccc3c21. The predicted molar refractivity (Wildman–Crippen MR) is 138 cm³/mol. The zero-order valence-electron chi connectivity index (χ0n) is 17.8. The molecule has 7 rings (SSSR count). The zero-order valence-corrected chi connectivity index (χ0v) is 17.8. The topological polar surface area (TPSA) is 4.93 Å². The summed E-state index contributed by atoms with van der Waals surface area (Å²) in [4.78, 5) is 0. The maximum Gasteiger partial charge on any atom is 0.0568 e. The van der Waals surface area contributed by atoms with Crippen LogP contribution < -0.4 is 0 Å². The highest BCUT2D eigenvalue weighted by Gasteiger charge is 2.14. The van der Waals surface area contributed by atoms with Gasteiger partial charge in [0.2, 0.25) is 0 Å². The van der Waals surface area contributed by atoms with E-state index in [-0.39, 0.29) is 0 Å². The predicted octanol–water partition coefficient (Wildman–Crippen LogP) is 8.46. The fourth-order valence-corrected chi connectivity index (χ4v) is 5.46. The second kappa shape index (κ2) is 6.45. The van der Waals surface area contributed by atoms with E-state index in [1.807, 2.05) is 0 Å². The lowest BCUT2D eigenvalue weighted by Gasteiger charge is -2.11. The van der Waals surface area contributed by atoms with Gasteiger partial charge in [-0.25, -0.2) is 0 Å². The number of hydrogen-bond donors (Lipinski definition) is 0. The molecule has 1 heterocycles.